The third-order valence-electron chi connectivity index (χ3n) is 4.77. The Morgan fingerprint density at radius 2 is 2.08 bits per heavy atom. The number of carbonyl (C=O) groups excluding carboxylic acids is 1. The lowest BCUT2D eigenvalue weighted by Crippen LogP contribution is -2.34. The van der Waals surface area contributed by atoms with Gasteiger partial charge >= 0.3 is 0 Å². The first-order valence-electron chi connectivity index (χ1n) is 9.05. The molecule has 25 heavy (non-hydrogen) atoms. The van der Waals surface area contributed by atoms with E-state index in [1.54, 1.807) is 11.3 Å². The summed E-state index contributed by atoms with van der Waals surface area (Å²) in [5, 5.41) is 4.03. The molecule has 1 N–H and O–H groups in total. The van der Waals surface area contributed by atoms with Crippen LogP contribution < -0.4 is 10.2 Å². The summed E-state index contributed by atoms with van der Waals surface area (Å²) in [6.07, 6.45) is 3.02. The minimum Gasteiger partial charge on any atom is -0.371 e. The third kappa shape index (κ3) is 4.82. The molecule has 1 fully saturated rings. The number of anilines is 1. The van der Waals surface area contributed by atoms with Gasteiger partial charge in [0.25, 0.3) is 0 Å². The van der Waals surface area contributed by atoms with Crippen LogP contribution in [0.2, 0.25) is 0 Å². The van der Waals surface area contributed by atoms with Gasteiger partial charge in [-0.2, -0.15) is 0 Å². The molecule has 0 spiro atoms. The van der Waals surface area contributed by atoms with Crippen molar-refractivity contribution < 1.29 is 4.79 Å². The predicted molar refractivity (Wildman–Crippen MR) is 104 cm³/mol. The number of amides is 1. The van der Waals surface area contributed by atoms with Gasteiger partial charge in [-0.25, -0.2) is 4.98 Å². The normalized spacial score (nSPS) is 17.6. The zero-order chi connectivity index (χ0) is 17.8. The second-order valence-electron chi connectivity index (χ2n) is 7.05. The molecule has 2 heterocycles. The summed E-state index contributed by atoms with van der Waals surface area (Å²) in [6.45, 7) is 9.13. The lowest BCUT2D eigenvalue weighted by Gasteiger charge is -2.32. The van der Waals surface area contributed by atoms with Gasteiger partial charge in [0.2, 0.25) is 5.91 Å². The van der Waals surface area contributed by atoms with Gasteiger partial charge in [0, 0.05) is 30.2 Å². The van der Waals surface area contributed by atoms with Gasteiger partial charge in [-0.1, -0.05) is 19.1 Å². The number of nitrogens with one attached hydrogen (secondary N) is 1. The van der Waals surface area contributed by atoms with E-state index in [0.717, 1.165) is 40.1 Å². The van der Waals surface area contributed by atoms with Crippen LogP contribution in [-0.2, 0) is 17.8 Å². The van der Waals surface area contributed by atoms with Crippen molar-refractivity contribution in [3.05, 3.63) is 45.4 Å². The Morgan fingerprint density at radius 3 is 2.72 bits per heavy atom. The zero-order valence-electron chi connectivity index (χ0n) is 15.3. The Hall–Kier alpha value is -1.88. The molecule has 1 atom stereocenters. The second-order valence-corrected chi connectivity index (χ2v) is 8.34. The molecule has 1 amide bonds. The van der Waals surface area contributed by atoms with Gasteiger partial charge < -0.3 is 10.2 Å². The minimum absolute atomic E-state index is 0.0562. The molecule has 5 heteroatoms. The molecule has 0 aliphatic carbocycles. The molecule has 1 aromatic heterocycles. The van der Waals surface area contributed by atoms with E-state index in [1.165, 1.54) is 18.5 Å². The van der Waals surface area contributed by atoms with Crippen LogP contribution in [0.1, 0.15) is 40.9 Å². The van der Waals surface area contributed by atoms with E-state index < -0.39 is 0 Å². The lowest BCUT2D eigenvalue weighted by molar-refractivity contribution is -0.120. The van der Waals surface area contributed by atoms with Gasteiger partial charge in [0.1, 0.15) is 0 Å². The molecule has 4 nitrogen and oxygen atoms in total. The van der Waals surface area contributed by atoms with Crippen molar-refractivity contribution in [1.82, 2.24) is 10.3 Å². The van der Waals surface area contributed by atoms with Crippen molar-refractivity contribution >= 4 is 22.9 Å². The summed E-state index contributed by atoms with van der Waals surface area (Å²) in [5.41, 5.74) is 3.40. The highest BCUT2D eigenvalue weighted by atomic mass is 32.1. The number of aryl methyl sites for hydroxylation is 2. The van der Waals surface area contributed by atoms with Crippen LogP contribution in [0.15, 0.2) is 24.3 Å². The van der Waals surface area contributed by atoms with E-state index in [1.807, 2.05) is 13.8 Å². The highest BCUT2D eigenvalue weighted by Gasteiger charge is 2.16. The van der Waals surface area contributed by atoms with E-state index in [4.69, 9.17) is 0 Å². The van der Waals surface area contributed by atoms with Gasteiger partial charge in [-0.05, 0) is 50.3 Å². The predicted octanol–water partition coefficient (Wildman–Crippen LogP) is 3.86. The number of benzene rings is 1. The van der Waals surface area contributed by atoms with Crippen molar-refractivity contribution in [1.29, 1.82) is 0 Å². The van der Waals surface area contributed by atoms with Gasteiger partial charge in [0.15, 0.2) is 0 Å². The number of rotatable bonds is 5. The van der Waals surface area contributed by atoms with Crippen LogP contribution in [0, 0.1) is 19.8 Å². The molecule has 1 unspecified atom stereocenters. The molecular formula is C20H27N3OS. The first-order valence-corrected chi connectivity index (χ1v) is 9.86. The number of hydrogen-bond donors (Lipinski definition) is 1. The van der Waals surface area contributed by atoms with E-state index in [2.05, 4.69) is 46.4 Å². The molecule has 134 valence electrons. The average molecular weight is 358 g/mol. The van der Waals surface area contributed by atoms with E-state index in [-0.39, 0.29) is 5.91 Å². The highest BCUT2D eigenvalue weighted by Crippen LogP contribution is 2.23. The number of thiazole rings is 1. The van der Waals surface area contributed by atoms with Crippen LogP contribution in [-0.4, -0.2) is 24.0 Å². The Balaban J connectivity index is 1.51. The van der Waals surface area contributed by atoms with Crippen molar-refractivity contribution in [3.63, 3.8) is 0 Å². The standard InChI is InChI=1S/C20H27N3OS/c1-14-5-4-10-23(13-14)18-8-6-17(7-9-18)12-21-20(24)11-19-15(2)22-16(3)25-19/h6-9,14H,4-5,10-13H2,1-3H3,(H,21,24). The van der Waals surface area contributed by atoms with Crippen molar-refractivity contribution in [2.45, 2.75) is 46.6 Å². The minimum atomic E-state index is 0.0562. The molecule has 1 aromatic carbocycles. The summed E-state index contributed by atoms with van der Waals surface area (Å²) < 4.78 is 0. The summed E-state index contributed by atoms with van der Waals surface area (Å²) in [7, 11) is 0. The summed E-state index contributed by atoms with van der Waals surface area (Å²) >= 11 is 1.60. The summed E-state index contributed by atoms with van der Waals surface area (Å²) in [4.78, 5) is 20.1. The Labute approximate surface area is 154 Å². The maximum absolute atomic E-state index is 12.2. The second kappa shape index (κ2) is 8.00. The number of hydrogen-bond acceptors (Lipinski definition) is 4. The molecular weight excluding hydrogens is 330 g/mol. The molecule has 3 rings (SSSR count). The number of nitrogens with zero attached hydrogens (tertiary/aromatic N) is 2. The summed E-state index contributed by atoms with van der Waals surface area (Å²) in [5.74, 6) is 0.826. The Kier molecular flexibility index (Phi) is 5.74. The fourth-order valence-electron chi connectivity index (χ4n) is 3.39. The third-order valence-corrected chi connectivity index (χ3v) is 5.84. The first kappa shape index (κ1) is 17.9. The average Bonchev–Trinajstić information content (AvgIpc) is 2.90. The smallest absolute Gasteiger partial charge is 0.225 e. The SMILES string of the molecule is Cc1nc(C)c(CC(=O)NCc2ccc(N3CCCC(C)C3)cc2)s1. The largest absolute Gasteiger partial charge is 0.371 e. The highest BCUT2D eigenvalue weighted by molar-refractivity contribution is 7.11. The first-order chi connectivity index (χ1) is 12.0. The van der Waals surface area contributed by atoms with E-state index >= 15 is 0 Å². The van der Waals surface area contributed by atoms with Crippen molar-refractivity contribution in [2.75, 3.05) is 18.0 Å². The van der Waals surface area contributed by atoms with Gasteiger partial charge in [-0.3, -0.25) is 4.79 Å². The van der Waals surface area contributed by atoms with E-state index in [9.17, 15) is 4.79 Å². The topological polar surface area (TPSA) is 45.2 Å². The van der Waals surface area contributed by atoms with E-state index in [0.29, 0.717) is 13.0 Å². The van der Waals surface area contributed by atoms with Gasteiger partial charge in [-0.15, -0.1) is 11.3 Å². The molecule has 2 aromatic rings. The summed E-state index contributed by atoms with van der Waals surface area (Å²) in [6, 6.07) is 8.60. The molecule has 1 aliphatic heterocycles. The molecule has 1 aliphatic rings. The molecule has 0 saturated carbocycles. The molecule has 0 bridgehead atoms. The van der Waals surface area contributed by atoms with Crippen LogP contribution >= 0.6 is 11.3 Å². The fraction of sp³-hybridized carbons (Fsp3) is 0.500. The zero-order valence-corrected chi connectivity index (χ0v) is 16.2. The number of carbonyl (C=O) groups is 1. The number of aromatic nitrogens is 1. The van der Waals surface area contributed by atoms with Crippen LogP contribution in [0.25, 0.3) is 0 Å². The molecule has 0 radical (unpaired) electrons. The maximum Gasteiger partial charge on any atom is 0.225 e. The van der Waals surface area contributed by atoms with Crippen LogP contribution in [0.4, 0.5) is 5.69 Å². The van der Waals surface area contributed by atoms with Crippen LogP contribution in [0.5, 0.6) is 0 Å². The monoisotopic (exact) mass is 357 g/mol. The quantitative estimate of drug-likeness (QED) is 0.884. The van der Waals surface area contributed by atoms with Crippen LogP contribution in [0.3, 0.4) is 0 Å². The molecule has 1 saturated heterocycles. The van der Waals surface area contributed by atoms with Gasteiger partial charge in [0.05, 0.1) is 17.1 Å². The lowest BCUT2D eigenvalue weighted by atomic mass is 9.99. The van der Waals surface area contributed by atoms with Crippen molar-refractivity contribution in [3.8, 4) is 0 Å². The fourth-order valence-corrected chi connectivity index (χ4v) is 4.33. The van der Waals surface area contributed by atoms with Crippen molar-refractivity contribution in [2.24, 2.45) is 5.92 Å². The Morgan fingerprint density at radius 1 is 1.32 bits per heavy atom. The Bertz CT molecular complexity index is 723. The number of piperidine rings is 1. The maximum atomic E-state index is 12.2.